The number of carbonyl (C=O) groups excluding carboxylic acids is 2. The van der Waals surface area contributed by atoms with Crippen molar-refractivity contribution in [1.29, 1.82) is 0 Å². The van der Waals surface area contributed by atoms with Crippen LogP contribution < -0.4 is 5.32 Å². The standard InChI is InChI=1S/C28H28BrClN8O2/c1-17-12-20(29)4-9-24(17)38-16-23(34-35-38)15-37-18(2)13-36(14-19(37)3)28(40)26-25(31-10-11-32-26)27(39)33-22-7-5-21(30)6-8-22/h4-12,16,18-19H,13-15H2,1-3H3,(H,33,39)/t18-,19+. The van der Waals surface area contributed by atoms with Crippen molar-refractivity contribution >= 4 is 45.0 Å². The van der Waals surface area contributed by atoms with Crippen molar-refractivity contribution in [2.75, 3.05) is 18.4 Å². The predicted octanol–water partition coefficient (Wildman–Crippen LogP) is 4.77. The van der Waals surface area contributed by atoms with Crippen LogP contribution in [0.1, 0.15) is 46.1 Å². The lowest BCUT2D eigenvalue weighted by atomic mass is 10.1. The molecule has 1 saturated heterocycles. The fourth-order valence-corrected chi connectivity index (χ4v) is 5.52. The second kappa shape index (κ2) is 11.8. The third-order valence-corrected chi connectivity index (χ3v) is 7.64. The summed E-state index contributed by atoms with van der Waals surface area (Å²) in [6, 6.07) is 12.8. The molecule has 1 aliphatic rings. The van der Waals surface area contributed by atoms with Crippen molar-refractivity contribution in [3.8, 4) is 5.69 Å². The van der Waals surface area contributed by atoms with Gasteiger partial charge < -0.3 is 10.2 Å². The fraction of sp³-hybridized carbons (Fsp3) is 0.286. The maximum absolute atomic E-state index is 13.6. The van der Waals surface area contributed by atoms with Crippen LogP contribution in [0.4, 0.5) is 5.69 Å². The van der Waals surface area contributed by atoms with Crippen LogP contribution in [0, 0.1) is 6.92 Å². The minimum atomic E-state index is -0.511. The summed E-state index contributed by atoms with van der Waals surface area (Å²) in [5, 5.41) is 12.1. The van der Waals surface area contributed by atoms with E-state index in [4.69, 9.17) is 11.6 Å². The van der Waals surface area contributed by atoms with Gasteiger partial charge in [0.1, 0.15) is 0 Å². The van der Waals surface area contributed by atoms with Gasteiger partial charge in [-0.2, -0.15) is 0 Å². The fourth-order valence-electron chi connectivity index (χ4n) is 4.92. The normalized spacial score (nSPS) is 17.6. The van der Waals surface area contributed by atoms with Crippen LogP contribution >= 0.6 is 27.5 Å². The van der Waals surface area contributed by atoms with Crippen LogP contribution in [0.25, 0.3) is 5.69 Å². The molecule has 4 aromatic rings. The molecule has 2 amide bonds. The molecule has 0 spiro atoms. The molecule has 0 radical (unpaired) electrons. The zero-order valence-electron chi connectivity index (χ0n) is 22.3. The quantitative estimate of drug-likeness (QED) is 0.330. The molecule has 3 heterocycles. The molecular formula is C28H28BrClN8O2. The van der Waals surface area contributed by atoms with Gasteiger partial charge in [-0.25, -0.2) is 14.6 Å². The number of piperazine rings is 1. The largest absolute Gasteiger partial charge is 0.334 e. The monoisotopic (exact) mass is 622 g/mol. The number of nitrogens with zero attached hydrogens (tertiary/aromatic N) is 7. The van der Waals surface area contributed by atoms with Crippen LogP contribution in [0.5, 0.6) is 0 Å². The average Bonchev–Trinajstić information content (AvgIpc) is 3.39. The lowest BCUT2D eigenvalue weighted by Gasteiger charge is -2.44. The summed E-state index contributed by atoms with van der Waals surface area (Å²) in [5.74, 6) is -0.841. The first kappa shape index (κ1) is 27.9. The number of aromatic nitrogens is 5. The van der Waals surface area contributed by atoms with E-state index in [2.05, 4.69) is 60.3 Å². The van der Waals surface area contributed by atoms with Crippen molar-refractivity contribution < 1.29 is 9.59 Å². The maximum atomic E-state index is 13.6. The number of benzene rings is 2. The van der Waals surface area contributed by atoms with E-state index in [0.29, 0.717) is 30.3 Å². The van der Waals surface area contributed by atoms with Crippen molar-refractivity contribution in [2.24, 2.45) is 0 Å². The van der Waals surface area contributed by atoms with Crippen LogP contribution in [0.15, 0.2) is 65.5 Å². The van der Waals surface area contributed by atoms with Gasteiger partial charge in [0.05, 0.1) is 17.6 Å². The molecule has 2 atom stereocenters. The van der Waals surface area contributed by atoms with E-state index >= 15 is 0 Å². The molecule has 12 heteroatoms. The SMILES string of the molecule is Cc1cc(Br)ccc1-n1cc(CN2[C@H](C)CN(C(=O)c3nccnc3C(=O)Nc3ccc(Cl)cc3)C[C@@H]2C)nn1. The molecule has 1 N–H and O–H groups in total. The number of anilines is 1. The van der Waals surface area contributed by atoms with Crippen LogP contribution in [-0.4, -0.2) is 71.7 Å². The Labute approximate surface area is 245 Å². The summed E-state index contributed by atoms with van der Waals surface area (Å²) in [6.07, 6.45) is 4.77. The summed E-state index contributed by atoms with van der Waals surface area (Å²) in [7, 11) is 0. The molecule has 0 saturated carbocycles. The second-order valence-corrected chi connectivity index (χ2v) is 11.2. The van der Waals surface area contributed by atoms with E-state index in [0.717, 1.165) is 21.4 Å². The highest BCUT2D eigenvalue weighted by molar-refractivity contribution is 9.10. The topological polar surface area (TPSA) is 109 Å². The van der Waals surface area contributed by atoms with Gasteiger partial charge in [0.2, 0.25) is 0 Å². The van der Waals surface area contributed by atoms with Gasteiger partial charge in [-0.3, -0.25) is 14.5 Å². The van der Waals surface area contributed by atoms with Crippen molar-refractivity contribution in [1.82, 2.24) is 34.8 Å². The molecule has 1 fully saturated rings. The minimum Gasteiger partial charge on any atom is -0.334 e. The zero-order chi connectivity index (χ0) is 28.4. The summed E-state index contributed by atoms with van der Waals surface area (Å²) in [5.41, 5.74) is 3.44. The highest BCUT2D eigenvalue weighted by Gasteiger charge is 2.34. The summed E-state index contributed by atoms with van der Waals surface area (Å²) in [4.78, 5) is 39.0. The molecule has 2 aromatic carbocycles. The second-order valence-electron chi connectivity index (χ2n) is 9.88. The number of nitrogens with one attached hydrogen (secondary N) is 1. The van der Waals surface area contributed by atoms with Gasteiger partial charge in [-0.15, -0.1) is 5.10 Å². The molecule has 10 nitrogen and oxygen atoms in total. The van der Waals surface area contributed by atoms with Gasteiger partial charge in [-0.1, -0.05) is 32.7 Å². The van der Waals surface area contributed by atoms with Crippen LogP contribution in [-0.2, 0) is 6.54 Å². The Morgan fingerprint density at radius 1 is 1.02 bits per heavy atom. The molecule has 0 unspecified atom stereocenters. The number of hydrogen-bond acceptors (Lipinski definition) is 7. The van der Waals surface area contributed by atoms with Gasteiger partial charge in [-0.05, 0) is 68.8 Å². The number of hydrogen-bond donors (Lipinski definition) is 1. The molecule has 40 heavy (non-hydrogen) atoms. The van der Waals surface area contributed by atoms with E-state index in [1.54, 1.807) is 33.8 Å². The number of carbonyl (C=O) groups is 2. The molecule has 2 aromatic heterocycles. The molecule has 0 bridgehead atoms. The third-order valence-electron chi connectivity index (χ3n) is 6.90. The molecule has 206 valence electrons. The first-order chi connectivity index (χ1) is 19.2. The molecule has 1 aliphatic heterocycles. The third kappa shape index (κ3) is 6.06. The Balaban J connectivity index is 1.27. The van der Waals surface area contributed by atoms with E-state index in [-0.39, 0.29) is 29.4 Å². The zero-order valence-corrected chi connectivity index (χ0v) is 24.6. The van der Waals surface area contributed by atoms with Crippen molar-refractivity contribution in [3.63, 3.8) is 0 Å². The Bertz CT molecular complexity index is 1530. The number of halogens is 2. The van der Waals surface area contributed by atoms with Gasteiger partial charge in [0.15, 0.2) is 11.4 Å². The first-order valence-electron chi connectivity index (χ1n) is 12.8. The molecular weight excluding hydrogens is 596 g/mol. The lowest BCUT2D eigenvalue weighted by molar-refractivity contribution is 0.0259. The predicted molar refractivity (Wildman–Crippen MR) is 156 cm³/mol. The number of rotatable bonds is 6. The number of amides is 2. The Kier molecular flexibility index (Phi) is 8.24. The molecule has 5 rings (SSSR count). The van der Waals surface area contributed by atoms with Crippen molar-refractivity contribution in [3.05, 3.63) is 93.2 Å². The van der Waals surface area contributed by atoms with E-state index < -0.39 is 5.91 Å². The Morgan fingerprint density at radius 3 is 2.38 bits per heavy atom. The minimum absolute atomic E-state index is 0.0228. The maximum Gasteiger partial charge on any atom is 0.276 e. The highest BCUT2D eigenvalue weighted by Crippen LogP contribution is 2.23. The van der Waals surface area contributed by atoms with Crippen molar-refractivity contribution in [2.45, 2.75) is 39.4 Å². The van der Waals surface area contributed by atoms with Gasteiger partial charge >= 0.3 is 0 Å². The van der Waals surface area contributed by atoms with Gasteiger partial charge in [0.25, 0.3) is 11.8 Å². The molecule has 0 aliphatic carbocycles. The first-order valence-corrected chi connectivity index (χ1v) is 14.0. The Hall–Kier alpha value is -3.67. The van der Waals surface area contributed by atoms with Crippen LogP contribution in [0.2, 0.25) is 5.02 Å². The average molecular weight is 624 g/mol. The summed E-state index contributed by atoms with van der Waals surface area (Å²) >= 11 is 9.43. The van der Waals surface area contributed by atoms with Gasteiger partial charge in [0, 0.05) is 59.3 Å². The number of aryl methyl sites for hydroxylation is 1. The smallest absolute Gasteiger partial charge is 0.276 e. The van der Waals surface area contributed by atoms with Crippen LogP contribution in [0.3, 0.4) is 0 Å². The summed E-state index contributed by atoms with van der Waals surface area (Å²) in [6.45, 7) is 7.72. The summed E-state index contributed by atoms with van der Waals surface area (Å²) < 4.78 is 2.80. The highest BCUT2D eigenvalue weighted by atomic mass is 79.9. The van der Waals surface area contributed by atoms with E-state index in [1.807, 2.05) is 31.3 Å². The van der Waals surface area contributed by atoms with E-state index in [9.17, 15) is 9.59 Å². The van der Waals surface area contributed by atoms with E-state index in [1.165, 1.54) is 12.4 Å². The lowest BCUT2D eigenvalue weighted by Crippen LogP contribution is -2.57. The Morgan fingerprint density at radius 2 is 1.70 bits per heavy atom.